The molecule has 0 bridgehead atoms. The number of thiazole rings is 1. The maximum atomic E-state index is 12.9. The number of carbonyl (C=O) groups excluding carboxylic acids is 1. The largest absolute Gasteiger partial charge is 0.489 e. The molecule has 0 saturated heterocycles. The molecule has 0 unspecified atom stereocenters. The number of rotatable bonds is 6. The summed E-state index contributed by atoms with van der Waals surface area (Å²) in [4.78, 5) is 18.5. The summed E-state index contributed by atoms with van der Waals surface area (Å²) in [6.07, 6.45) is -4.39. The van der Waals surface area contributed by atoms with Crippen LogP contribution in [-0.4, -0.2) is 28.9 Å². The number of amides is 1. The summed E-state index contributed by atoms with van der Waals surface area (Å²) in [7, 11) is 1.73. The lowest BCUT2D eigenvalue weighted by atomic mass is 10.1. The Kier molecular flexibility index (Phi) is 6.45. The zero-order valence-corrected chi connectivity index (χ0v) is 17.6. The summed E-state index contributed by atoms with van der Waals surface area (Å²) in [6.45, 7) is 3.86. The normalized spacial score (nSPS) is 11.6. The molecule has 1 aromatic heterocycles. The zero-order valence-electron chi connectivity index (χ0n) is 16.7. The van der Waals surface area contributed by atoms with Gasteiger partial charge in [0, 0.05) is 24.0 Å². The lowest BCUT2D eigenvalue weighted by Crippen LogP contribution is -2.33. The summed E-state index contributed by atoms with van der Waals surface area (Å²) < 4.78 is 44.2. The van der Waals surface area contributed by atoms with Crippen molar-refractivity contribution in [2.24, 2.45) is 0 Å². The average Bonchev–Trinajstić information content (AvgIpc) is 3.21. The Balaban J connectivity index is 1.72. The molecule has 3 rings (SSSR count). The lowest BCUT2D eigenvalue weighted by Gasteiger charge is -2.19. The first kappa shape index (κ1) is 21.8. The number of halogens is 3. The van der Waals surface area contributed by atoms with Crippen LogP contribution in [0.1, 0.15) is 35.5 Å². The minimum absolute atomic E-state index is 0.00810. The molecule has 0 saturated carbocycles. The third-order valence-corrected chi connectivity index (χ3v) is 5.45. The van der Waals surface area contributed by atoms with Crippen molar-refractivity contribution in [3.8, 4) is 16.3 Å². The molecule has 0 aliphatic heterocycles. The van der Waals surface area contributed by atoms with Crippen molar-refractivity contribution in [2.75, 3.05) is 7.05 Å². The number of aromatic nitrogens is 1. The lowest BCUT2D eigenvalue weighted by molar-refractivity contribution is -0.137. The van der Waals surface area contributed by atoms with Gasteiger partial charge in [0.2, 0.25) is 0 Å². The molecule has 3 aromatic rings. The van der Waals surface area contributed by atoms with Gasteiger partial charge in [0.25, 0.3) is 5.91 Å². The Morgan fingerprint density at radius 1 is 1.17 bits per heavy atom. The second-order valence-corrected chi connectivity index (χ2v) is 7.92. The molecule has 1 amide bonds. The van der Waals surface area contributed by atoms with Crippen molar-refractivity contribution < 1.29 is 22.7 Å². The molecule has 0 N–H and O–H groups in total. The van der Waals surface area contributed by atoms with Crippen LogP contribution in [-0.2, 0) is 12.8 Å². The summed E-state index contributed by atoms with van der Waals surface area (Å²) in [5.74, 6) is 0.358. The number of carbonyl (C=O) groups is 1. The Morgan fingerprint density at radius 2 is 1.90 bits per heavy atom. The minimum Gasteiger partial charge on any atom is -0.489 e. The molecular formula is C22H21F3N2O2S. The fraction of sp³-hybridized carbons (Fsp3) is 0.273. The smallest absolute Gasteiger partial charge is 0.416 e. The summed E-state index contributed by atoms with van der Waals surface area (Å²) in [6, 6.07) is 12.2. The highest BCUT2D eigenvalue weighted by Crippen LogP contribution is 2.30. The summed E-state index contributed by atoms with van der Waals surface area (Å²) >= 11 is 1.35. The van der Waals surface area contributed by atoms with Gasteiger partial charge in [0.15, 0.2) is 0 Å². The van der Waals surface area contributed by atoms with Crippen LogP contribution in [0.25, 0.3) is 10.6 Å². The molecule has 0 radical (unpaired) electrons. The Bertz CT molecular complexity index is 1030. The topological polar surface area (TPSA) is 42.4 Å². The van der Waals surface area contributed by atoms with Gasteiger partial charge in [-0.2, -0.15) is 13.2 Å². The van der Waals surface area contributed by atoms with Crippen LogP contribution in [0.4, 0.5) is 13.2 Å². The number of hydrogen-bond donors (Lipinski definition) is 0. The molecule has 0 atom stereocenters. The van der Waals surface area contributed by atoms with Gasteiger partial charge < -0.3 is 9.64 Å². The molecule has 1 heterocycles. The van der Waals surface area contributed by atoms with Crippen molar-refractivity contribution in [3.63, 3.8) is 0 Å². The van der Waals surface area contributed by atoms with E-state index in [9.17, 15) is 18.0 Å². The molecular weight excluding hydrogens is 413 g/mol. The molecule has 0 fully saturated rings. The standard InChI is InChI=1S/C22H21F3N2O2S/c1-14(2)27(3)21(28)19-13-30-20(26-19)16-7-5-9-18(11-16)29-12-15-6-4-8-17(10-15)22(23,24)25/h4-11,13-14H,12H2,1-3H3. The van der Waals surface area contributed by atoms with Crippen molar-refractivity contribution in [3.05, 3.63) is 70.7 Å². The van der Waals surface area contributed by atoms with Crippen molar-refractivity contribution >= 4 is 17.2 Å². The maximum Gasteiger partial charge on any atom is 0.416 e. The molecule has 2 aromatic carbocycles. The highest BCUT2D eigenvalue weighted by molar-refractivity contribution is 7.13. The number of hydrogen-bond acceptors (Lipinski definition) is 4. The predicted molar refractivity (Wildman–Crippen MR) is 111 cm³/mol. The number of alkyl halides is 3. The third kappa shape index (κ3) is 5.18. The van der Waals surface area contributed by atoms with E-state index in [2.05, 4.69) is 4.98 Å². The average molecular weight is 434 g/mol. The van der Waals surface area contributed by atoms with E-state index < -0.39 is 11.7 Å². The minimum atomic E-state index is -4.39. The Labute approximate surface area is 176 Å². The van der Waals surface area contributed by atoms with Gasteiger partial charge in [-0.25, -0.2) is 4.98 Å². The van der Waals surface area contributed by atoms with Crippen LogP contribution in [0.2, 0.25) is 0 Å². The Morgan fingerprint density at radius 3 is 2.60 bits per heavy atom. The monoisotopic (exact) mass is 434 g/mol. The highest BCUT2D eigenvalue weighted by Gasteiger charge is 2.30. The molecule has 0 aliphatic carbocycles. The highest BCUT2D eigenvalue weighted by atomic mass is 32.1. The van der Waals surface area contributed by atoms with E-state index in [0.29, 0.717) is 22.0 Å². The number of nitrogens with zero attached hydrogens (tertiary/aromatic N) is 2. The van der Waals surface area contributed by atoms with Crippen LogP contribution < -0.4 is 4.74 Å². The maximum absolute atomic E-state index is 12.9. The molecule has 0 spiro atoms. The van der Waals surface area contributed by atoms with Crippen molar-refractivity contribution in [1.82, 2.24) is 9.88 Å². The van der Waals surface area contributed by atoms with E-state index in [1.807, 2.05) is 19.9 Å². The van der Waals surface area contributed by atoms with Gasteiger partial charge in [-0.05, 0) is 43.7 Å². The van der Waals surface area contributed by atoms with E-state index >= 15 is 0 Å². The van der Waals surface area contributed by atoms with Gasteiger partial charge in [-0.1, -0.05) is 24.3 Å². The summed E-state index contributed by atoms with van der Waals surface area (Å²) in [5, 5.41) is 2.38. The second kappa shape index (κ2) is 8.87. The number of benzene rings is 2. The van der Waals surface area contributed by atoms with Gasteiger partial charge in [0.1, 0.15) is 23.1 Å². The third-order valence-electron chi connectivity index (χ3n) is 4.56. The predicted octanol–water partition coefficient (Wildman–Crippen LogP) is 5.89. The van der Waals surface area contributed by atoms with Crippen LogP contribution in [0.15, 0.2) is 53.9 Å². The number of ether oxygens (including phenoxy) is 1. The zero-order chi connectivity index (χ0) is 21.9. The fourth-order valence-electron chi connectivity index (χ4n) is 2.64. The fourth-order valence-corrected chi connectivity index (χ4v) is 3.43. The van der Waals surface area contributed by atoms with Crippen LogP contribution in [0.3, 0.4) is 0 Å². The molecule has 4 nitrogen and oxygen atoms in total. The van der Waals surface area contributed by atoms with Gasteiger partial charge in [-0.3, -0.25) is 4.79 Å². The molecule has 0 aliphatic rings. The quantitative estimate of drug-likeness (QED) is 0.486. The second-order valence-electron chi connectivity index (χ2n) is 7.06. The van der Waals surface area contributed by atoms with Crippen LogP contribution >= 0.6 is 11.3 Å². The summed E-state index contributed by atoms with van der Waals surface area (Å²) in [5.41, 5.74) is 0.868. The van der Waals surface area contributed by atoms with Crippen molar-refractivity contribution in [2.45, 2.75) is 32.7 Å². The molecule has 30 heavy (non-hydrogen) atoms. The Hall–Kier alpha value is -2.87. The molecule has 8 heteroatoms. The van der Waals surface area contributed by atoms with E-state index in [1.165, 1.54) is 17.4 Å². The van der Waals surface area contributed by atoms with Crippen molar-refractivity contribution in [1.29, 1.82) is 0 Å². The van der Waals surface area contributed by atoms with E-state index in [1.54, 1.807) is 41.6 Å². The first-order valence-electron chi connectivity index (χ1n) is 9.27. The first-order valence-corrected chi connectivity index (χ1v) is 10.1. The molecule has 158 valence electrons. The first-order chi connectivity index (χ1) is 14.1. The van der Waals surface area contributed by atoms with Crippen LogP contribution in [0.5, 0.6) is 5.75 Å². The van der Waals surface area contributed by atoms with E-state index in [0.717, 1.165) is 17.7 Å². The van der Waals surface area contributed by atoms with E-state index in [-0.39, 0.29) is 18.6 Å². The van der Waals surface area contributed by atoms with Gasteiger partial charge in [0.05, 0.1) is 5.56 Å². The van der Waals surface area contributed by atoms with Gasteiger partial charge >= 0.3 is 6.18 Å². The van der Waals surface area contributed by atoms with Crippen LogP contribution in [0, 0.1) is 0 Å². The van der Waals surface area contributed by atoms with Gasteiger partial charge in [-0.15, -0.1) is 11.3 Å². The van der Waals surface area contributed by atoms with E-state index in [4.69, 9.17) is 4.74 Å². The SMILES string of the molecule is CC(C)N(C)C(=O)c1csc(-c2cccc(OCc3cccc(C(F)(F)F)c3)c2)n1.